The van der Waals surface area contributed by atoms with Crippen molar-refractivity contribution in [2.45, 2.75) is 43.5 Å². The second-order valence-corrected chi connectivity index (χ2v) is 7.30. The molecular formula is C21H24O11. The monoisotopic (exact) mass is 452 g/mol. The molecule has 0 amide bonds. The van der Waals surface area contributed by atoms with Gasteiger partial charge >= 0.3 is 0 Å². The van der Waals surface area contributed by atoms with Crippen molar-refractivity contribution in [3.8, 4) is 23.0 Å². The molecule has 0 aliphatic carbocycles. The molecule has 5 atom stereocenters. The van der Waals surface area contributed by atoms with Gasteiger partial charge in [0, 0.05) is 18.6 Å². The number of ketones is 1. The van der Waals surface area contributed by atoms with Crippen LogP contribution in [0.3, 0.4) is 0 Å². The van der Waals surface area contributed by atoms with Crippen LogP contribution in [-0.4, -0.2) is 78.8 Å². The lowest BCUT2D eigenvalue weighted by atomic mass is 9.99. The fourth-order valence-corrected chi connectivity index (χ4v) is 3.26. The van der Waals surface area contributed by atoms with Gasteiger partial charge in [-0.3, -0.25) is 4.79 Å². The SMILES string of the molecule is O=C(CCc1ccc(O)cc1)c1c(O)cc(O)cc1OO[C@@H]1[C@@H](O)[C@H](O)[C@@H](CO)O[C@H]1O. The summed E-state index contributed by atoms with van der Waals surface area (Å²) in [4.78, 5) is 22.7. The zero-order valence-electron chi connectivity index (χ0n) is 16.7. The van der Waals surface area contributed by atoms with Crippen LogP contribution < -0.4 is 4.89 Å². The van der Waals surface area contributed by atoms with E-state index in [0.717, 1.165) is 17.7 Å². The Labute approximate surface area is 182 Å². The topological polar surface area (TPSA) is 186 Å². The predicted molar refractivity (Wildman–Crippen MR) is 106 cm³/mol. The highest BCUT2D eigenvalue weighted by atomic mass is 17.2. The van der Waals surface area contributed by atoms with Gasteiger partial charge in [-0.25, -0.2) is 0 Å². The first-order chi connectivity index (χ1) is 15.2. The Balaban J connectivity index is 1.74. The lowest BCUT2D eigenvalue weighted by Crippen LogP contribution is -2.59. The van der Waals surface area contributed by atoms with Crippen LogP contribution in [0.5, 0.6) is 23.0 Å². The average Bonchev–Trinajstić information content (AvgIpc) is 2.75. The van der Waals surface area contributed by atoms with E-state index in [1.807, 2.05) is 0 Å². The Bertz CT molecular complexity index is 930. The van der Waals surface area contributed by atoms with E-state index < -0.39 is 60.3 Å². The highest BCUT2D eigenvalue weighted by Gasteiger charge is 2.45. The number of ether oxygens (including phenoxy) is 1. The first kappa shape index (κ1) is 23.7. The first-order valence-electron chi connectivity index (χ1n) is 9.72. The summed E-state index contributed by atoms with van der Waals surface area (Å²) in [6, 6.07) is 8.14. The molecular weight excluding hydrogens is 428 g/mol. The molecule has 2 aromatic rings. The number of aromatic hydroxyl groups is 3. The number of phenolic OH excluding ortho intramolecular Hbond substituents is 3. The minimum absolute atomic E-state index is 0.0614. The molecule has 0 saturated carbocycles. The largest absolute Gasteiger partial charge is 0.508 e. The van der Waals surface area contributed by atoms with Crippen LogP contribution in [0.1, 0.15) is 22.3 Å². The van der Waals surface area contributed by atoms with E-state index in [4.69, 9.17) is 19.6 Å². The second-order valence-electron chi connectivity index (χ2n) is 7.30. The lowest BCUT2D eigenvalue weighted by Gasteiger charge is -2.38. The molecule has 1 fully saturated rings. The molecule has 0 unspecified atom stereocenters. The van der Waals surface area contributed by atoms with Crippen LogP contribution in [0.2, 0.25) is 0 Å². The van der Waals surface area contributed by atoms with Gasteiger partial charge in [0.1, 0.15) is 41.1 Å². The number of aryl methyl sites for hydroxylation is 1. The molecule has 1 aliphatic rings. The Hall–Kier alpha value is -2.93. The highest BCUT2D eigenvalue weighted by molar-refractivity contribution is 6.01. The summed E-state index contributed by atoms with van der Waals surface area (Å²) in [6.07, 6.45) is -7.75. The molecule has 0 bridgehead atoms. The highest BCUT2D eigenvalue weighted by Crippen LogP contribution is 2.35. The summed E-state index contributed by atoms with van der Waals surface area (Å²) in [6.45, 7) is -0.664. The van der Waals surface area contributed by atoms with Crippen molar-refractivity contribution in [2.75, 3.05) is 6.61 Å². The molecule has 2 aromatic carbocycles. The smallest absolute Gasteiger partial charge is 0.188 e. The van der Waals surface area contributed by atoms with Crippen LogP contribution in [0, 0.1) is 0 Å². The zero-order valence-corrected chi connectivity index (χ0v) is 16.7. The van der Waals surface area contributed by atoms with Crippen LogP contribution in [-0.2, 0) is 16.0 Å². The number of rotatable bonds is 8. The molecule has 3 rings (SSSR count). The van der Waals surface area contributed by atoms with E-state index in [0.29, 0.717) is 0 Å². The number of aliphatic hydroxyl groups is 4. The quantitative estimate of drug-likeness (QED) is 0.159. The van der Waals surface area contributed by atoms with Gasteiger partial charge in [-0.15, -0.1) is 0 Å². The molecule has 7 N–H and O–H groups in total. The zero-order chi connectivity index (χ0) is 23.4. The van der Waals surface area contributed by atoms with Gasteiger partial charge in [0.05, 0.1) is 6.61 Å². The molecule has 11 heteroatoms. The van der Waals surface area contributed by atoms with Gasteiger partial charge in [0.2, 0.25) is 0 Å². The molecule has 11 nitrogen and oxygen atoms in total. The third kappa shape index (κ3) is 5.27. The van der Waals surface area contributed by atoms with Crippen molar-refractivity contribution in [2.24, 2.45) is 0 Å². The summed E-state index contributed by atoms with van der Waals surface area (Å²) < 4.78 is 4.95. The average molecular weight is 452 g/mol. The summed E-state index contributed by atoms with van der Waals surface area (Å²) in [5, 5.41) is 68.4. The van der Waals surface area contributed by atoms with Gasteiger partial charge in [-0.05, 0) is 24.1 Å². The Morgan fingerprint density at radius 2 is 1.66 bits per heavy atom. The maximum Gasteiger partial charge on any atom is 0.188 e. The van der Waals surface area contributed by atoms with Gasteiger partial charge in [-0.1, -0.05) is 12.1 Å². The first-order valence-corrected chi connectivity index (χ1v) is 9.72. The lowest BCUT2D eigenvalue weighted by molar-refractivity contribution is -0.364. The fraction of sp³-hybridized carbons (Fsp3) is 0.381. The molecule has 0 radical (unpaired) electrons. The van der Waals surface area contributed by atoms with E-state index in [-0.39, 0.29) is 24.2 Å². The van der Waals surface area contributed by atoms with Crippen molar-refractivity contribution in [3.63, 3.8) is 0 Å². The number of carbonyl (C=O) groups is 1. The van der Waals surface area contributed by atoms with E-state index in [2.05, 4.69) is 0 Å². The van der Waals surface area contributed by atoms with Crippen molar-refractivity contribution >= 4 is 5.78 Å². The molecule has 1 aliphatic heterocycles. The maximum atomic E-state index is 12.7. The van der Waals surface area contributed by atoms with E-state index in [1.165, 1.54) is 12.1 Å². The van der Waals surface area contributed by atoms with E-state index in [9.17, 15) is 35.4 Å². The van der Waals surface area contributed by atoms with Crippen molar-refractivity contribution in [1.82, 2.24) is 0 Å². The summed E-state index contributed by atoms with van der Waals surface area (Å²) in [7, 11) is 0. The summed E-state index contributed by atoms with van der Waals surface area (Å²) in [5.74, 6) is -1.90. The summed E-state index contributed by atoms with van der Waals surface area (Å²) >= 11 is 0. The molecule has 174 valence electrons. The fourth-order valence-electron chi connectivity index (χ4n) is 3.26. The van der Waals surface area contributed by atoms with Crippen molar-refractivity contribution in [3.05, 3.63) is 47.5 Å². The van der Waals surface area contributed by atoms with Gasteiger partial charge in [0.25, 0.3) is 0 Å². The maximum absolute atomic E-state index is 12.7. The Morgan fingerprint density at radius 1 is 0.969 bits per heavy atom. The van der Waals surface area contributed by atoms with Gasteiger partial charge in [0.15, 0.2) is 23.9 Å². The molecule has 1 heterocycles. The number of carbonyl (C=O) groups excluding carboxylic acids is 1. The van der Waals surface area contributed by atoms with Gasteiger partial charge < -0.3 is 45.4 Å². The molecule has 32 heavy (non-hydrogen) atoms. The van der Waals surface area contributed by atoms with E-state index >= 15 is 0 Å². The predicted octanol–water partition coefficient (Wildman–Crippen LogP) is -0.271. The minimum atomic E-state index is -1.79. The number of phenols is 3. The number of hydrogen-bond donors (Lipinski definition) is 7. The molecule has 1 saturated heterocycles. The second kappa shape index (κ2) is 10.1. The van der Waals surface area contributed by atoms with Crippen LogP contribution in [0.25, 0.3) is 0 Å². The van der Waals surface area contributed by atoms with Crippen LogP contribution >= 0.6 is 0 Å². The van der Waals surface area contributed by atoms with E-state index in [1.54, 1.807) is 12.1 Å². The normalized spacial score (nSPS) is 25.4. The third-order valence-electron chi connectivity index (χ3n) is 5.01. The molecule has 0 spiro atoms. The van der Waals surface area contributed by atoms with Crippen LogP contribution in [0.4, 0.5) is 0 Å². The number of Topliss-reactive ketones (excluding diaryl/α,β-unsaturated/α-hetero) is 1. The van der Waals surface area contributed by atoms with Crippen LogP contribution in [0.15, 0.2) is 36.4 Å². The minimum Gasteiger partial charge on any atom is -0.508 e. The molecule has 0 aromatic heterocycles. The van der Waals surface area contributed by atoms with Crippen molar-refractivity contribution < 1.29 is 55.1 Å². The number of aliphatic hydroxyl groups excluding tert-OH is 4. The standard InChI is InChI=1S/C21H24O11/c22-9-16-18(27)19(28)20(21(29)30-16)32-31-15-8-12(24)7-14(26)17(15)13(25)6-3-10-1-4-11(23)5-2-10/h1-2,4-5,7-8,16,18-24,26-29H,3,6,9H2/t16-,18-,19+,20-,21-/m1/s1. The van der Waals surface area contributed by atoms with Crippen molar-refractivity contribution in [1.29, 1.82) is 0 Å². The number of hydrogen-bond acceptors (Lipinski definition) is 11. The summed E-state index contributed by atoms with van der Waals surface area (Å²) in [5.41, 5.74) is 0.447. The van der Waals surface area contributed by atoms with Gasteiger partial charge in [-0.2, -0.15) is 4.89 Å². The number of benzene rings is 2. The Morgan fingerprint density at radius 3 is 2.31 bits per heavy atom. The third-order valence-corrected chi connectivity index (χ3v) is 5.01. The Kier molecular flexibility index (Phi) is 7.51.